The monoisotopic (exact) mass is 282 g/mol. The lowest BCUT2D eigenvalue weighted by atomic mass is 9.95. The fourth-order valence-electron chi connectivity index (χ4n) is 3.26. The number of carbonyl (C=O) groups excluding carboxylic acids is 1. The Balaban J connectivity index is 1.87. The molecule has 0 bridgehead atoms. The highest BCUT2D eigenvalue weighted by atomic mass is 35.5. The van der Waals surface area contributed by atoms with E-state index in [0.717, 1.165) is 19.6 Å². The van der Waals surface area contributed by atoms with E-state index in [-0.39, 0.29) is 22.5 Å². The standard InChI is InChI=1S/C14H16ClFN2O/c1-8-11-6-17-5-9(11)7-18(8)14(19)10-3-2-4-12(16)13(10)15/h2-4,8-9,11,17H,5-7H2,1H3. The smallest absolute Gasteiger partial charge is 0.255 e. The van der Waals surface area contributed by atoms with E-state index in [9.17, 15) is 9.18 Å². The fourth-order valence-corrected chi connectivity index (χ4v) is 3.47. The number of halogens is 2. The van der Waals surface area contributed by atoms with Crippen LogP contribution in [0.25, 0.3) is 0 Å². The zero-order valence-electron chi connectivity index (χ0n) is 10.7. The highest BCUT2D eigenvalue weighted by Gasteiger charge is 2.44. The number of fused-ring (bicyclic) bond motifs is 1. The van der Waals surface area contributed by atoms with Gasteiger partial charge < -0.3 is 10.2 Å². The summed E-state index contributed by atoms with van der Waals surface area (Å²) in [5.41, 5.74) is 0.265. The maximum Gasteiger partial charge on any atom is 0.255 e. The molecule has 2 heterocycles. The van der Waals surface area contributed by atoms with Gasteiger partial charge in [-0.15, -0.1) is 0 Å². The minimum Gasteiger partial charge on any atom is -0.335 e. The number of nitrogens with zero attached hydrogens (tertiary/aromatic N) is 1. The summed E-state index contributed by atoms with van der Waals surface area (Å²) in [7, 11) is 0. The van der Waals surface area contributed by atoms with Gasteiger partial charge in [0.2, 0.25) is 0 Å². The van der Waals surface area contributed by atoms with Crippen LogP contribution in [0.4, 0.5) is 4.39 Å². The van der Waals surface area contributed by atoms with E-state index in [2.05, 4.69) is 12.2 Å². The molecule has 2 aliphatic heterocycles. The lowest BCUT2D eigenvalue weighted by molar-refractivity contribution is 0.0728. The predicted octanol–water partition coefficient (Wildman–Crippen LogP) is 2.16. The SMILES string of the molecule is CC1C2CNCC2CN1C(=O)c1cccc(F)c1Cl. The molecule has 3 unspecified atom stereocenters. The molecule has 5 heteroatoms. The minimum atomic E-state index is -0.541. The molecule has 1 N–H and O–H groups in total. The molecule has 1 amide bonds. The van der Waals surface area contributed by atoms with Gasteiger partial charge in [-0.1, -0.05) is 17.7 Å². The van der Waals surface area contributed by atoms with Crippen molar-refractivity contribution in [3.05, 3.63) is 34.6 Å². The Morgan fingerprint density at radius 1 is 1.47 bits per heavy atom. The molecule has 0 spiro atoms. The molecule has 0 saturated carbocycles. The third kappa shape index (κ3) is 2.03. The van der Waals surface area contributed by atoms with Crippen LogP contribution in [-0.2, 0) is 0 Å². The van der Waals surface area contributed by atoms with Crippen molar-refractivity contribution in [2.24, 2.45) is 11.8 Å². The first kappa shape index (κ1) is 12.9. The van der Waals surface area contributed by atoms with Crippen molar-refractivity contribution in [2.45, 2.75) is 13.0 Å². The number of amides is 1. The molecule has 1 aromatic rings. The second-order valence-electron chi connectivity index (χ2n) is 5.38. The molecule has 0 radical (unpaired) electrons. The quantitative estimate of drug-likeness (QED) is 0.856. The summed E-state index contributed by atoms with van der Waals surface area (Å²) in [5, 5.41) is 3.28. The van der Waals surface area contributed by atoms with Crippen LogP contribution in [-0.4, -0.2) is 36.5 Å². The maximum absolute atomic E-state index is 13.4. The van der Waals surface area contributed by atoms with E-state index < -0.39 is 5.82 Å². The van der Waals surface area contributed by atoms with Crippen LogP contribution in [0.1, 0.15) is 17.3 Å². The largest absolute Gasteiger partial charge is 0.335 e. The van der Waals surface area contributed by atoms with E-state index in [1.807, 2.05) is 4.90 Å². The van der Waals surface area contributed by atoms with Gasteiger partial charge in [-0.2, -0.15) is 0 Å². The summed E-state index contributed by atoms with van der Waals surface area (Å²) in [6.07, 6.45) is 0. The highest BCUT2D eigenvalue weighted by Crippen LogP contribution is 2.34. The Morgan fingerprint density at radius 2 is 2.26 bits per heavy atom. The first-order valence-corrected chi connectivity index (χ1v) is 6.93. The summed E-state index contributed by atoms with van der Waals surface area (Å²) in [6.45, 7) is 4.69. The zero-order valence-corrected chi connectivity index (χ0v) is 11.5. The summed E-state index contributed by atoms with van der Waals surface area (Å²) >= 11 is 5.90. The Kier molecular flexibility index (Phi) is 3.23. The third-order valence-electron chi connectivity index (χ3n) is 4.38. The number of nitrogens with one attached hydrogen (secondary N) is 1. The van der Waals surface area contributed by atoms with Gasteiger partial charge in [0.05, 0.1) is 10.6 Å². The minimum absolute atomic E-state index is 0.0742. The number of likely N-dealkylation sites (tertiary alicyclic amines) is 1. The first-order valence-electron chi connectivity index (χ1n) is 6.55. The van der Waals surface area contributed by atoms with Gasteiger partial charge >= 0.3 is 0 Å². The van der Waals surface area contributed by atoms with E-state index in [4.69, 9.17) is 11.6 Å². The Morgan fingerprint density at radius 3 is 3.00 bits per heavy atom. The normalized spacial score (nSPS) is 29.6. The second kappa shape index (κ2) is 4.76. The van der Waals surface area contributed by atoms with Crippen molar-refractivity contribution in [3.8, 4) is 0 Å². The third-order valence-corrected chi connectivity index (χ3v) is 4.76. The molecule has 2 fully saturated rings. The molecular formula is C14H16ClFN2O. The van der Waals surface area contributed by atoms with Crippen molar-refractivity contribution in [3.63, 3.8) is 0 Å². The Hall–Kier alpha value is -1.13. The number of hydrogen-bond donors (Lipinski definition) is 1. The van der Waals surface area contributed by atoms with Gasteiger partial charge in [-0.05, 0) is 30.9 Å². The van der Waals surface area contributed by atoms with Crippen LogP contribution in [0.5, 0.6) is 0 Å². The van der Waals surface area contributed by atoms with Gasteiger partial charge in [-0.25, -0.2) is 4.39 Å². The molecule has 3 nitrogen and oxygen atoms in total. The Bertz CT molecular complexity index is 522. The number of hydrogen-bond acceptors (Lipinski definition) is 2. The van der Waals surface area contributed by atoms with Gasteiger partial charge in [0.1, 0.15) is 5.82 Å². The molecular weight excluding hydrogens is 267 g/mol. The fraction of sp³-hybridized carbons (Fsp3) is 0.500. The Labute approximate surface area is 116 Å². The van der Waals surface area contributed by atoms with E-state index in [1.165, 1.54) is 12.1 Å². The lowest BCUT2D eigenvalue weighted by Gasteiger charge is -2.25. The van der Waals surface area contributed by atoms with Crippen molar-refractivity contribution in [1.29, 1.82) is 0 Å². The molecule has 102 valence electrons. The molecule has 1 aromatic carbocycles. The van der Waals surface area contributed by atoms with Crippen molar-refractivity contribution < 1.29 is 9.18 Å². The average Bonchev–Trinajstić information content (AvgIpc) is 2.96. The molecule has 3 rings (SSSR count). The van der Waals surface area contributed by atoms with Crippen LogP contribution >= 0.6 is 11.6 Å². The highest BCUT2D eigenvalue weighted by molar-refractivity contribution is 6.34. The molecule has 0 aromatic heterocycles. The van der Waals surface area contributed by atoms with Crippen molar-refractivity contribution in [2.75, 3.05) is 19.6 Å². The van der Waals surface area contributed by atoms with Crippen molar-refractivity contribution >= 4 is 17.5 Å². The van der Waals surface area contributed by atoms with E-state index >= 15 is 0 Å². The van der Waals surface area contributed by atoms with E-state index in [0.29, 0.717) is 11.8 Å². The molecule has 3 atom stereocenters. The molecule has 19 heavy (non-hydrogen) atoms. The van der Waals surface area contributed by atoms with Crippen molar-refractivity contribution in [1.82, 2.24) is 10.2 Å². The van der Waals surface area contributed by atoms with Gasteiger partial charge in [0.15, 0.2) is 0 Å². The molecule has 2 aliphatic rings. The molecule has 0 aliphatic carbocycles. The van der Waals surface area contributed by atoms with Crippen LogP contribution in [0, 0.1) is 17.7 Å². The van der Waals surface area contributed by atoms with Crippen LogP contribution < -0.4 is 5.32 Å². The lowest BCUT2D eigenvalue weighted by Crippen LogP contribution is -2.38. The maximum atomic E-state index is 13.4. The van der Waals surface area contributed by atoms with Gasteiger partial charge in [-0.3, -0.25) is 4.79 Å². The van der Waals surface area contributed by atoms with Crippen LogP contribution in [0.15, 0.2) is 18.2 Å². The van der Waals surface area contributed by atoms with E-state index in [1.54, 1.807) is 6.07 Å². The number of rotatable bonds is 1. The molecule has 2 saturated heterocycles. The van der Waals surface area contributed by atoms with Crippen LogP contribution in [0.2, 0.25) is 5.02 Å². The second-order valence-corrected chi connectivity index (χ2v) is 5.76. The average molecular weight is 283 g/mol. The predicted molar refractivity (Wildman–Crippen MR) is 71.8 cm³/mol. The van der Waals surface area contributed by atoms with Crippen LogP contribution in [0.3, 0.4) is 0 Å². The van der Waals surface area contributed by atoms with Gasteiger partial charge in [0, 0.05) is 25.7 Å². The summed E-state index contributed by atoms with van der Waals surface area (Å²) in [6, 6.07) is 4.56. The van der Waals surface area contributed by atoms with Gasteiger partial charge in [0.25, 0.3) is 5.91 Å². The zero-order chi connectivity index (χ0) is 13.6. The summed E-state index contributed by atoms with van der Waals surface area (Å²) in [5.74, 6) is 0.301. The first-order chi connectivity index (χ1) is 9.09. The summed E-state index contributed by atoms with van der Waals surface area (Å²) in [4.78, 5) is 14.3. The topological polar surface area (TPSA) is 32.3 Å². The number of benzene rings is 1. The summed E-state index contributed by atoms with van der Waals surface area (Å²) < 4.78 is 13.4. The number of carbonyl (C=O) groups is 1.